The minimum atomic E-state index is -0.0701. The van der Waals surface area contributed by atoms with Crippen LogP contribution in [0.4, 0.5) is 0 Å². The molecule has 0 radical (unpaired) electrons. The fourth-order valence-corrected chi connectivity index (χ4v) is 13.7. The van der Waals surface area contributed by atoms with Crippen molar-refractivity contribution in [3.05, 3.63) is 30.3 Å². The minimum absolute atomic E-state index is 0.0701. The van der Waals surface area contributed by atoms with Gasteiger partial charge in [0.1, 0.15) is 0 Å². The topological polar surface area (TPSA) is 17.1 Å². The first-order valence-corrected chi connectivity index (χ1v) is 18.6. The van der Waals surface area contributed by atoms with E-state index in [1.165, 1.54) is 62.2 Å². The predicted molar refractivity (Wildman–Crippen MR) is 167 cm³/mol. The average Bonchev–Trinajstić information content (AvgIpc) is 3.26. The van der Waals surface area contributed by atoms with Gasteiger partial charge in [-0.2, -0.15) is 0 Å². The first kappa shape index (κ1) is 29.9. The number of hydrogen-bond acceptors (Lipinski definition) is 1. The molecule has 0 saturated heterocycles. The molecule has 0 heterocycles. The predicted octanol–water partition coefficient (Wildman–Crippen LogP) is 9.16. The molecule has 1 unspecified atom stereocenters. The summed E-state index contributed by atoms with van der Waals surface area (Å²) in [7, 11) is 0. The SMILES string of the molecule is CC[C@@H](C(C)C)C(C[C@@H](C)[C@H]1CC[C@H]2[C@@H]3CC[C@H]4[C@H](C)CCC[C@]4(C)[C@H]3CC[C@]12C)C(=O)[Se]c1ccccc1. The van der Waals surface area contributed by atoms with Crippen molar-refractivity contribution in [2.75, 3.05) is 0 Å². The number of hydrogen-bond donors (Lipinski definition) is 0. The summed E-state index contributed by atoms with van der Waals surface area (Å²) in [6.07, 6.45) is 15.4. The molecule has 1 aromatic carbocycles. The van der Waals surface area contributed by atoms with Crippen LogP contribution in [0.5, 0.6) is 0 Å². The van der Waals surface area contributed by atoms with Gasteiger partial charge in [-0.05, 0) is 0 Å². The van der Waals surface area contributed by atoms with Crippen LogP contribution >= 0.6 is 0 Å². The molecule has 0 amide bonds. The maximum absolute atomic E-state index is 13.9. The quantitative estimate of drug-likeness (QED) is 0.260. The summed E-state index contributed by atoms with van der Waals surface area (Å²) in [5.74, 6) is 7.52. The Labute approximate surface area is 247 Å². The summed E-state index contributed by atoms with van der Waals surface area (Å²) >= 11 is -0.0701. The molecular formula is C37H58OSe. The Kier molecular flexibility index (Phi) is 9.16. The molecule has 0 spiro atoms. The molecule has 5 rings (SSSR count). The molecule has 0 aliphatic heterocycles. The zero-order chi connectivity index (χ0) is 27.9. The number of benzene rings is 1. The summed E-state index contributed by atoms with van der Waals surface area (Å²) in [6, 6.07) is 10.6. The number of rotatable bonds is 9. The Morgan fingerprint density at radius 3 is 2.28 bits per heavy atom. The van der Waals surface area contributed by atoms with Crippen molar-refractivity contribution in [2.24, 2.45) is 70.0 Å². The van der Waals surface area contributed by atoms with Crippen molar-refractivity contribution >= 4 is 24.1 Å². The van der Waals surface area contributed by atoms with Crippen LogP contribution in [0.15, 0.2) is 30.3 Å². The molecule has 4 fully saturated rings. The molecule has 39 heavy (non-hydrogen) atoms. The van der Waals surface area contributed by atoms with Crippen LogP contribution in [0.2, 0.25) is 0 Å². The molecular weight excluding hydrogens is 539 g/mol. The molecule has 1 aromatic rings. The monoisotopic (exact) mass is 598 g/mol. The summed E-state index contributed by atoms with van der Waals surface area (Å²) in [4.78, 5) is 13.9. The first-order valence-electron chi connectivity index (χ1n) is 16.9. The third-order valence-corrected chi connectivity index (χ3v) is 15.6. The number of fused-ring (bicyclic) bond motifs is 5. The van der Waals surface area contributed by atoms with E-state index in [9.17, 15) is 4.79 Å². The molecule has 4 aliphatic carbocycles. The van der Waals surface area contributed by atoms with Gasteiger partial charge < -0.3 is 0 Å². The maximum atomic E-state index is 13.9. The van der Waals surface area contributed by atoms with E-state index < -0.39 is 0 Å². The van der Waals surface area contributed by atoms with Crippen LogP contribution in [0.3, 0.4) is 0 Å². The van der Waals surface area contributed by atoms with E-state index in [0.717, 1.165) is 48.3 Å². The molecule has 2 heteroatoms. The molecule has 4 saturated carbocycles. The summed E-state index contributed by atoms with van der Waals surface area (Å²) in [5.41, 5.74) is 1.09. The second kappa shape index (κ2) is 12.0. The van der Waals surface area contributed by atoms with E-state index in [1.807, 2.05) is 0 Å². The van der Waals surface area contributed by atoms with Gasteiger partial charge in [0.15, 0.2) is 0 Å². The van der Waals surface area contributed by atoms with Gasteiger partial charge in [-0.25, -0.2) is 0 Å². The van der Waals surface area contributed by atoms with Gasteiger partial charge in [0.05, 0.1) is 0 Å². The standard InChI is InChI=1S/C37H58OSe/c1-8-28(24(2)3)30(35(38)39-27-14-10-9-11-15-27)23-26(5)32-18-19-33-29-16-17-31-25(4)13-12-21-36(31,6)34(29)20-22-37(32,33)7/h9-11,14-15,24-26,28-34H,8,12-13,16-23H2,1-7H3/t25-,26-,28+,29+,30?,31+,32-,33+,34+,36+,37-/m1/s1. The van der Waals surface area contributed by atoms with E-state index in [1.54, 1.807) is 0 Å². The van der Waals surface area contributed by atoms with Crippen LogP contribution in [0.1, 0.15) is 119 Å². The van der Waals surface area contributed by atoms with Gasteiger partial charge in [0.25, 0.3) is 0 Å². The Morgan fingerprint density at radius 2 is 1.59 bits per heavy atom. The molecule has 0 bridgehead atoms. The van der Waals surface area contributed by atoms with Gasteiger partial charge in [-0.3, -0.25) is 0 Å². The Balaban J connectivity index is 1.33. The number of carbonyl (C=O) groups excluding carboxylic acids is 1. The second-order valence-electron chi connectivity index (χ2n) is 15.5. The Morgan fingerprint density at radius 1 is 0.897 bits per heavy atom. The van der Waals surface area contributed by atoms with Gasteiger partial charge in [-0.15, -0.1) is 0 Å². The van der Waals surface area contributed by atoms with Crippen molar-refractivity contribution in [1.82, 2.24) is 0 Å². The molecule has 4 aliphatic rings. The first-order chi connectivity index (χ1) is 18.6. The van der Waals surface area contributed by atoms with Crippen molar-refractivity contribution in [3.63, 3.8) is 0 Å². The van der Waals surface area contributed by atoms with Crippen molar-refractivity contribution in [1.29, 1.82) is 0 Å². The van der Waals surface area contributed by atoms with Crippen molar-refractivity contribution < 1.29 is 4.79 Å². The van der Waals surface area contributed by atoms with Crippen LogP contribution in [-0.2, 0) is 4.79 Å². The van der Waals surface area contributed by atoms with Crippen LogP contribution in [-0.4, -0.2) is 19.6 Å². The molecule has 1 nitrogen and oxygen atoms in total. The molecule has 0 aromatic heterocycles. The zero-order valence-corrected chi connectivity index (χ0v) is 28.0. The van der Waals surface area contributed by atoms with E-state index >= 15 is 0 Å². The number of carbonyl (C=O) groups is 1. The van der Waals surface area contributed by atoms with E-state index in [2.05, 4.69) is 78.8 Å². The summed E-state index contributed by atoms with van der Waals surface area (Å²) < 4.78 is 1.81. The molecule has 0 N–H and O–H groups in total. The Hall–Kier alpha value is -0.591. The average molecular weight is 598 g/mol. The van der Waals surface area contributed by atoms with Gasteiger partial charge in [-0.1, -0.05) is 13.3 Å². The van der Waals surface area contributed by atoms with E-state index in [-0.39, 0.29) is 20.9 Å². The summed E-state index contributed by atoms with van der Waals surface area (Å²) in [5, 5.41) is 0. The second-order valence-corrected chi connectivity index (χ2v) is 17.8. The molecule has 218 valence electrons. The van der Waals surface area contributed by atoms with Crippen molar-refractivity contribution in [3.8, 4) is 0 Å². The van der Waals surface area contributed by atoms with E-state index in [4.69, 9.17) is 0 Å². The fraction of sp³-hybridized carbons (Fsp3) is 0.811. The fourth-order valence-electron chi connectivity index (χ4n) is 11.7. The zero-order valence-electron chi connectivity index (χ0n) is 26.3. The van der Waals surface area contributed by atoms with E-state index in [0.29, 0.717) is 33.3 Å². The van der Waals surface area contributed by atoms with Crippen LogP contribution in [0, 0.1) is 70.0 Å². The summed E-state index contributed by atoms with van der Waals surface area (Å²) in [6.45, 7) is 17.6. The van der Waals surface area contributed by atoms with Crippen LogP contribution in [0.25, 0.3) is 0 Å². The van der Waals surface area contributed by atoms with Gasteiger partial charge in [0, 0.05) is 0 Å². The molecule has 11 atom stereocenters. The third-order valence-electron chi connectivity index (χ3n) is 13.5. The van der Waals surface area contributed by atoms with Gasteiger partial charge >= 0.3 is 235 Å². The van der Waals surface area contributed by atoms with Crippen molar-refractivity contribution in [2.45, 2.75) is 119 Å². The normalized spacial score (nSPS) is 40.3. The Bertz CT molecular complexity index is 971. The van der Waals surface area contributed by atoms with Crippen LogP contribution < -0.4 is 4.46 Å². The third kappa shape index (κ3) is 5.49. The van der Waals surface area contributed by atoms with Gasteiger partial charge in [0.2, 0.25) is 0 Å².